The molecule has 1 saturated heterocycles. The normalized spacial score (nSPS) is 14.9. The van der Waals surface area contributed by atoms with E-state index in [4.69, 9.17) is 0 Å². The van der Waals surface area contributed by atoms with Crippen LogP contribution in [0.3, 0.4) is 0 Å². The Labute approximate surface area is 170 Å². The van der Waals surface area contributed by atoms with Gasteiger partial charge in [-0.1, -0.05) is 12.1 Å². The molecule has 1 aliphatic heterocycles. The third-order valence-electron chi connectivity index (χ3n) is 4.72. The zero-order valence-electron chi connectivity index (χ0n) is 16.5. The van der Waals surface area contributed by atoms with Crippen molar-refractivity contribution < 1.29 is 9.59 Å². The van der Waals surface area contributed by atoms with Gasteiger partial charge in [-0.15, -0.1) is 0 Å². The molecule has 150 valence electrons. The van der Waals surface area contributed by atoms with Crippen molar-refractivity contribution >= 4 is 23.3 Å². The van der Waals surface area contributed by atoms with Crippen LogP contribution in [0.2, 0.25) is 0 Å². The first-order valence-corrected chi connectivity index (χ1v) is 10.6. The molecule has 3 rings (SSSR count). The fourth-order valence-corrected chi connectivity index (χ4v) is 3.85. The maximum atomic E-state index is 12.8. The summed E-state index contributed by atoms with van der Waals surface area (Å²) in [7, 11) is 0. The first kappa shape index (κ1) is 20.4. The number of rotatable bonds is 6. The van der Waals surface area contributed by atoms with Crippen molar-refractivity contribution in [3.8, 4) is 0 Å². The van der Waals surface area contributed by atoms with E-state index in [-0.39, 0.29) is 18.0 Å². The van der Waals surface area contributed by atoms with Crippen LogP contribution in [0.15, 0.2) is 41.1 Å². The van der Waals surface area contributed by atoms with Gasteiger partial charge in [0.15, 0.2) is 0 Å². The Morgan fingerprint density at radius 3 is 2.36 bits per heavy atom. The molecule has 2 N–H and O–H groups in total. The van der Waals surface area contributed by atoms with Gasteiger partial charge in [0.1, 0.15) is 0 Å². The fraction of sp³-hybridized carbons (Fsp3) is 0.429. The van der Waals surface area contributed by atoms with Crippen molar-refractivity contribution in [1.29, 1.82) is 0 Å². The summed E-state index contributed by atoms with van der Waals surface area (Å²) in [6, 6.07) is 9.56. The lowest BCUT2D eigenvalue weighted by atomic mass is 10.1. The van der Waals surface area contributed by atoms with Gasteiger partial charge in [0.25, 0.3) is 5.91 Å². The van der Waals surface area contributed by atoms with Crippen LogP contribution in [-0.4, -0.2) is 54.0 Å². The summed E-state index contributed by atoms with van der Waals surface area (Å²) in [4.78, 5) is 28.7. The molecule has 0 saturated carbocycles. The summed E-state index contributed by atoms with van der Waals surface area (Å²) in [5, 5.41) is 9.89. The number of carbonyl (C=O) groups is 2. The Balaban J connectivity index is 1.46. The highest BCUT2D eigenvalue weighted by molar-refractivity contribution is 7.07. The number of hydrogen-bond acceptors (Lipinski definition) is 4. The Bertz CT molecular complexity index is 766. The van der Waals surface area contributed by atoms with E-state index in [0.29, 0.717) is 12.1 Å². The molecule has 3 amide bonds. The van der Waals surface area contributed by atoms with E-state index in [1.807, 2.05) is 43.0 Å². The number of amides is 3. The Hall–Kier alpha value is -2.38. The van der Waals surface area contributed by atoms with Gasteiger partial charge >= 0.3 is 6.03 Å². The molecular formula is C21H28N4O2S. The van der Waals surface area contributed by atoms with Crippen molar-refractivity contribution in [2.75, 3.05) is 26.2 Å². The minimum atomic E-state index is -0.185. The van der Waals surface area contributed by atoms with E-state index in [2.05, 4.69) is 32.4 Å². The predicted octanol–water partition coefficient (Wildman–Crippen LogP) is 2.91. The fourth-order valence-electron chi connectivity index (χ4n) is 3.19. The lowest BCUT2D eigenvalue weighted by molar-refractivity contribution is 0.0628. The molecule has 0 aliphatic carbocycles. The number of piperazine rings is 1. The Morgan fingerprint density at radius 1 is 1.04 bits per heavy atom. The van der Waals surface area contributed by atoms with Gasteiger partial charge in [-0.3, -0.25) is 9.69 Å². The highest BCUT2D eigenvalue weighted by atomic mass is 32.1. The summed E-state index contributed by atoms with van der Waals surface area (Å²) >= 11 is 1.72. The average molecular weight is 401 g/mol. The molecule has 0 bridgehead atoms. The minimum absolute atomic E-state index is 0.0762. The molecule has 7 heteroatoms. The van der Waals surface area contributed by atoms with Crippen LogP contribution in [0.4, 0.5) is 4.79 Å². The van der Waals surface area contributed by atoms with Gasteiger partial charge in [-0.2, -0.15) is 11.3 Å². The molecule has 2 aromatic rings. The molecule has 2 heterocycles. The average Bonchev–Trinajstić information content (AvgIpc) is 3.19. The van der Waals surface area contributed by atoms with Gasteiger partial charge in [0.05, 0.1) is 0 Å². The third-order valence-corrected chi connectivity index (χ3v) is 5.45. The second-order valence-electron chi connectivity index (χ2n) is 7.38. The van der Waals surface area contributed by atoms with Crippen molar-refractivity contribution in [3.05, 3.63) is 57.8 Å². The van der Waals surface area contributed by atoms with Crippen molar-refractivity contribution in [3.63, 3.8) is 0 Å². The number of urea groups is 1. The Kier molecular flexibility index (Phi) is 7.06. The highest BCUT2D eigenvalue weighted by Crippen LogP contribution is 2.14. The summed E-state index contributed by atoms with van der Waals surface area (Å²) in [6.07, 6.45) is 0. The van der Waals surface area contributed by atoms with Crippen LogP contribution >= 0.6 is 11.3 Å². The summed E-state index contributed by atoms with van der Waals surface area (Å²) in [5.41, 5.74) is 3.01. The second kappa shape index (κ2) is 9.71. The zero-order valence-corrected chi connectivity index (χ0v) is 17.3. The van der Waals surface area contributed by atoms with Crippen LogP contribution in [0.25, 0.3) is 0 Å². The molecule has 1 aliphatic rings. The van der Waals surface area contributed by atoms with E-state index in [1.165, 1.54) is 5.56 Å². The lowest BCUT2D eigenvalue weighted by Crippen LogP contribution is -2.48. The standard InChI is InChI=1S/C21H28N4O2S/c1-16(2)23-21(27)22-13-17-3-5-19(6-4-17)20(26)25-10-8-24(9-11-25)14-18-7-12-28-15-18/h3-7,12,15-16H,8-11,13-14H2,1-2H3,(H2,22,23,27). The minimum Gasteiger partial charge on any atom is -0.336 e. The van der Waals surface area contributed by atoms with Gasteiger partial charge in [0, 0.05) is 50.9 Å². The topological polar surface area (TPSA) is 64.7 Å². The number of nitrogens with zero attached hydrogens (tertiary/aromatic N) is 2. The van der Waals surface area contributed by atoms with E-state index in [1.54, 1.807) is 11.3 Å². The molecule has 1 aromatic heterocycles. The van der Waals surface area contributed by atoms with Crippen LogP contribution in [0.5, 0.6) is 0 Å². The van der Waals surface area contributed by atoms with Crippen molar-refractivity contribution in [1.82, 2.24) is 20.4 Å². The molecule has 28 heavy (non-hydrogen) atoms. The molecule has 1 aromatic carbocycles. The van der Waals surface area contributed by atoms with Crippen LogP contribution in [-0.2, 0) is 13.1 Å². The zero-order chi connectivity index (χ0) is 19.9. The first-order chi connectivity index (χ1) is 13.5. The highest BCUT2D eigenvalue weighted by Gasteiger charge is 2.22. The monoisotopic (exact) mass is 400 g/mol. The van der Waals surface area contributed by atoms with E-state index < -0.39 is 0 Å². The number of carbonyl (C=O) groups excluding carboxylic acids is 2. The van der Waals surface area contributed by atoms with Gasteiger partial charge < -0.3 is 15.5 Å². The van der Waals surface area contributed by atoms with Crippen LogP contribution < -0.4 is 10.6 Å². The first-order valence-electron chi connectivity index (χ1n) is 9.67. The van der Waals surface area contributed by atoms with Crippen molar-refractivity contribution in [2.45, 2.75) is 33.0 Å². The molecule has 0 unspecified atom stereocenters. The smallest absolute Gasteiger partial charge is 0.315 e. The summed E-state index contributed by atoms with van der Waals surface area (Å²) in [6.45, 7) is 8.53. The van der Waals surface area contributed by atoms with Crippen LogP contribution in [0.1, 0.15) is 35.3 Å². The largest absolute Gasteiger partial charge is 0.336 e. The molecule has 6 nitrogen and oxygen atoms in total. The quantitative estimate of drug-likeness (QED) is 0.784. The van der Waals surface area contributed by atoms with E-state index >= 15 is 0 Å². The number of thiophene rings is 1. The summed E-state index contributed by atoms with van der Waals surface area (Å²) in [5.74, 6) is 0.0762. The molecular weight excluding hydrogens is 372 g/mol. The molecule has 0 radical (unpaired) electrons. The predicted molar refractivity (Wildman–Crippen MR) is 112 cm³/mol. The number of nitrogens with one attached hydrogen (secondary N) is 2. The molecule has 0 spiro atoms. The SMILES string of the molecule is CC(C)NC(=O)NCc1ccc(C(=O)N2CCN(Cc3ccsc3)CC2)cc1. The van der Waals surface area contributed by atoms with E-state index in [0.717, 1.165) is 38.3 Å². The maximum Gasteiger partial charge on any atom is 0.315 e. The van der Waals surface area contributed by atoms with Crippen LogP contribution in [0, 0.1) is 0 Å². The Morgan fingerprint density at radius 2 is 1.75 bits per heavy atom. The number of hydrogen-bond donors (Lipinski definition) is 2. The molecule has 0 atom stereocenters. The second-order valence-corrected chi connectivity index (χ2v) is 8.16. The lowest BCUT2D eigenvalue weighted by Gasteiger charge is -2.34. The van der Waals surface area contributed by atoms with E-state index in [9.17, 15) is 9.59 Å². The van der Waals surface area contributed by atoms with Gasteiger partial charge in [-0.25, -0.2) is 4.79 Å². The van der Waals surface area contributed by atoms with Gasteiger partial charge in [-0.05, 0) is 53.9 Å². The third kappa shape index (κ3) is 5.81. The number of benzene rings is 1. The summed E-state index contributed by atoms with van der Waals surface area (Å²) < 4.78 is 0. The van der Waals surface area contributed by atoms with Crippen molar-refractivity contribution in [2.24, 2.45) is 0 Å². The molecule has 1 fully saturated rings. The maximum absolute atomic E-state index is 12.8. The van der Waals surface area contributed by atoms with Gasteiger partial charge in [0.2, 0.25) is 0 Å².